The maximum Gasteiger partial charge on any atom is 0.115 e. The Hall–Kier alpha value is -1.44. The first-order chi connectivity index (χ1) is 15.7. The summed E-state index contributed by atoms with van der Waals surface area (Å²) in [6.45, 7) is 9.15. The zero-order valence-corrected chi connectivity index (χ0v) is 21.6. The second kappa shape index (κ2) is 16.2. The standard InChI is InChI=1S/C30H50O2/c1-5-9-12-14-16-19-26-21-23-28(31-26)30(25(8-4)18-11-7-3)29-24-22-27(32-29)20-17-15-13-10-6-2/h21-25,30H,5-20H2,1-4H3. The van der Waals surface area contributed by atoms with Crippen LogP contribution in [0, 0.1) is 5.92 Å². The molecular formula is C30H50O2. The summed E-state index contributed by atoms with van der Waals surface area (Å²) in [4.78, 5) is 0. The number of hydrogen-bond donors (Lipinski definition) is 0. The lowest BCUT2D eigenvalue weighted by molar-refractivity contribution is 0.306. The molecule has 0 amide bonds. The van der Waals surface area contributed by atoms with E-state index in [-0.39, 0.29) is 5.92 Å². The van der Waals surface area contributed by atoms with Gasteiger partial charge in [-0.25, -0.2) is 0 Å². The first-order valence-corrected chi connectivity index (χ1v) is 13.9. The van der Waals surface area contributed by atoms with Crippen LogP contribution in [0.25, 0.3) is 0 Å². The van der Waals surface area contributed by atoms with Gasteiger partial charge in [0.15, 0.2) is 0 Å². The first kappa shape index (κ1) is 26.8. The van der Waals surface area contributed by atoms with E-state index in [4.69, 9.17) is 8.83 Å². The van der Waals surface area contributed by atoms with Gasteiger partial charge in [0.2, 0.25) is 0 Å². The van der Waals surface area contributed by atoms with E-state index in [1.807, 2.05) is 0 Å². The van der Waals surface area contributed by atoms with Crippen molar-refractivity contribution >= 4 is 0 Å². The van der Waals surface area contributed by atoms with Crippen molar-refractivity contribution in [1.29, 1.82) is 0 Å². The molecule has 0 fully saturated rings. The topological polar surface area (TPSA) is 26.3 Å². The molecule has 2 heteroatoms. The molecule has 0 radical (unpaired) electrons. The van der Waals surface area contributed by atoms with Gasteiger partial charge in [-0.2, -0.15) is 0 Å². The van der Waals surface area contributed by atoms with Crippen LogP contribution in [0.1, 0.15) is 147 Å². The lowest BCUT2D eigenvalue weighted by Crippen LogP contribution is -2.13. The molecule has 2 heterocycles. The highest BCUT2D eigenvalue weighted by atomic mass is 16.4. The van der Waals surface area contributed by atoms with Crippen LogP contribution < -0.4 is 0 Å². The summed E-state index contributed by atoms with van der Waals surface area (Å²) in [7, 11) is 0. The molecular weight excluding hydrogens is 392 g/mol. The van der Waals surface area contributed by atoms with Crippen LogP contribution in [-0.2, 0) is 12.8 Å². The summed E-state index contributed by atoms with van der Waals surface area (Å²) >= 11 is 0. The molecule has 0 aromatic carbocycles. The van der Waals surface area contributed by atoms with Crippen molar-refractivity contribution in [3.8, 4) is 0 Å². The minimum Gasteiger partial charge on any atom is -0.465 e. The summed E-state index contributed by atoms with van der Waals surface area (Å²) in [5.41, 5.74) is 0. The highest BCUT2D eigenvalue weighted by Crippen LogP contribution is 2.39. The summed E-state index contributed by atoms with van der Waals surface area (Å²) in [5, 5.41) is 0. The van der Waals surface area contributed by atoms with Crippen molar-refractivity contribution < 1.29 is 8.83 Å². The minimum atomic E-state index is 0.245. The molecule has 2 nitrogen and oxygen atoms in total. The molecule has 2 aromatic heterocycles. The Morgan fingerprint density at radius 1 is 0.562 bits per heavy atom. The molecule has 1 unspecified atom stereocenters. The molecule has 0 spiro atoms. The Morgan fingerprint density at radius 3 is 1.47 bits per heavy atom. The minimum absolute atomic E-state index is 0.245. The van der Waals surface area contributed by atoms with Crippen LogP contribution in [0.2, 0.25) is 0 Å². The van der Waals surface area contributed by atoms with Crippen LogP contribution in [0.3, 0.4) is 0 Å². The van der Waals surface area contributed by atoms with E-state index in [1.54, 1.807) is 0 Å². The molecule has 0 saturated carbocycles. The lowest BCUT2D eigenvalue weighted by atomic mass is 9.82. The number of aryl methyl sites for hydroxylation is 2. The van der Waals surface area contributed by atoms with Gasteiger partial charge in [0, 0.05) is 12.8 Å². The second-order valence-corrected chi connectivity index (χ2v) is 9.72. The van der Waals surface area contributed by atoms with Gasteiger partial charge in [-0.1, -0.05) is 98.3 Å². The number of furan rings is 2. The van der Waals surface area contributed by atoms with E-state index in [0.29, 0.717) is 5.92 Å². The first-order valence-electron chi connectivity index (χ1n) is 13.9. The third-order valence-corrected chi connectivity index (χ3v) is 6.96. The van der Waals surface area contributed by atoms with E-state index in [2.05, 4.69) is 52.0 Å². The summed E-state index contributed by atoms with van der Waals surface area (Å²) in [5.74, 6) is 5.33. The lowest BCUT2D eigenvalue weighted by Gasteiger charge is -2.23. The smallest absolute Gasteiger partial charge is 0.115 e. The third-order valence-electron chi connectivity index (χ3n) is 6.96. The van der Waals surface area contributed by atoms with Crippen molar-refractivity contribution in [2.24, 2.45) is 5.92 Å². The van der Waals surface area contributed by atoms with E-state index in [0.717, 1.165) is 42.3 Å². The Kier molecular flexibility index (Phi) is 13.6. The van der Waals surface area contributed by atoms with Gasteiger partial charge in [0.05, 0.1) is 5.92 Å². The molecule has 0 aliphatic heterocycles. The fourth-order valence-corrected chi connectivity index (χ4v) is 4.88. The maximum atomic E-state index is 6.44. The van der Waals surface area contributed by atoms with Crippen LogP contribution >= 0.6 is 0 Å². The van der Waals surface area contributed by atoms with Gasteiger partial charge in [-0.15, -0.1) is 0 Å². The van der Waals surface area contributed by atoms with Crippen LogP contribution in [0.15, 0.2) is 33.1 Å². The summed E-state index contributed by atoms with van der Waals surface area (Å²) < 4.78 is 12.9. The van der Waals surface area contributed by atoms with Gasteiger partial charge in [-0.3, -0.25) is 0 Å². The second-order valence-electron chi connectivity index (χ2n) is 9.72. The molecule has 1 atom stereocenters. The van der Waals surface area contributed by atoms with Crippen molar-refractivity contribution in [3.05, 3.63) is 47.3 Å². The van der Waals surface area contributed by atoms with Gasteiger partial charge in [0.1, 0.15) is 23.0 Å². The Balaban J connectivity index is 2.07. The average molecular weight is 443 g/mol. The third kappa shape index (κ3) is 9.20. The van der Waals surface area contributed by atoms with E-state index >= 15 is 0 Å². The van der Waals surface area contributed by atoms with E-state index in [9.17, 15) is 0 Å². The monoisotopic (exact) mass is 442 g/mol. The van der Waals surface area contributed by atoms with Gasteiger partial charge < -0.3 is 8.83 Å². The maximum absolute atomic E-state index is 6.44. The normalized spacial score (nSPS) is 12.7. The van der Waals surface area contributed by atoms with Crippen LogP contribution in [0.5, 0.6) is 0 Å². The molecule has 0 aliphatic rings. The Morgan fingerprint density at radius 2 is 1.03 bits per heavy atom. The Bertz CT molecular complexity index is 643. The zero-order chi connectivity index (χ0) is 23.0. The number of unbranched alkanes of at least 4 members (excludes halogenated alkanes) is 9. The van der Waals surface area contributed by atoms with E-state index < -0.39 is 0 Å². The molecule has 32 heavy (non-hydrogen) atoms. The molecule has 2 aromatic rings. The summed E-state index contributed by atoms with van der Waals surface area (Å²) in [6.07, 6.45) is 20.1. The number of hydrogen-bond acceptors (Lipinski definition) is 2. The predicted octanol–water partition coefficient (Wildman–Crippen LogP) is 10.2. The molecule has 0 saturated heterocycles. The quantitative estimate of drug-likeness (QED) is 0.202. The predicted molar refractivity (Wildman–Crippen MR) is 137 cm³/mol. The highest BCUT2D eigenvalue weighted by molar-refractivity contribution is 5.24. The largest absolute Gasteiger partial charge is 0.465 e. The highest BCUT2D eigenvalue weighted by Gasteiger charge is 2.29. The van der Waals surface area contributed by atoms with Crippen molar-refractivity contribution in [1.82, 2.24) is 0 Å². The van der Waals surface area contributed by atoms with E-state index in [1.165, 1.54) is 83.5 Å². The van der Waals surface area contributed by atoms with Gasteiger partial charge in [-0.05, 0) is 49.4 Å². The summed E-state index contributed by atoms with van der Waals surface area (Å²) in [6, 6.07) is 8.89. The molecule has 0 N–H and O–H groups in total. The van der Waals surface area contributed by atoms with Crippen molar-refractivity contribution in [2.45, 2.75) is 136 Å². The van der Waals surface area contributed by atoms with Crippen molar-refractivity contribution in [2.75, 3.05) is 0 Å². The molecule has 2 rings (SSSR count). The van der Waals surface area contributed by atoms with Crippen LogP contribution in [0.4, 0.5) is 0 Å². The van der Waals surface area contributed by atoms with Gasteiger partial charge in [0.25, 0.3) is 0 Å². The molecule has 0 aliphatic carbocycles. The van der Waals surface area contributed by atoms with Crippen molar-refractivity contribution in [3.63, 3.8) is 0 Å². The molecule has 0 bridgehead atoms. The SMILES string of the molecule is CCCCCCCc1ccc(C(c2ccc(CCCCCCC)o2)C(CC)CCCC)o1. The van der Waals surface area contributed by atoms with Crippen LogP contribution in [-0.4, -0.2) is 0 Å². The zero-order valence-electron chi connectivity index (χ0n) is 21.6. The van der Waals surface area contributed by atoms with Gasteiger partial charge >= 0.3 is 0 Å². The Labute approximate surface area is 198 Å². The average Bonchev–Trinajstić information content (AvgIpc) is 3.46. The fraction of sp³-hybridized carbons (Fsp3) is 0.733. The number of rotatable bonds is 19. The molecule has 182 valence electrons. The fourth-order valence-electron chi connectivity index (χ4n) is 4.88.